The zero-order valence-corrected chi connectivity index (χ0v) is 22.7. The molecule has 3 heterocycles. The van der Waals surface area contributed by atoms with Crippen LogP contribution < -0.4 is 20.7 Å². The van der Waals surface area contributed by atoms with Crippen LogP contribution in [0.5, 0.6) is 11.5 Å². The van der Waals surface area contributed by atoms with Gasteiger partial charge in [0.2, 0.25) is 5.91 Å². The molecule has 1 aliphatic carbocycles. The third kappa shape index (κ3) is 5.30. The Labute approximate surface area is 235 Å². The van der Waals surface area contributed by atoms with Crippen LogP contribution in [-0.4, -0.2) is 39.7 Å². The van der Waals surface area contributed by atoms with E-state index >= 15 is 0 Å². The minimum Gasteiger partial charge on any atom is -0.455 e. The number of fused-ring (bicyclic) bond motifs is 2. The molecule has 0 atom stereocenters. The van der Waals surface area contributed by atoms with Crippen molar-refractivity contribution in [3.8, 4) is 11.5 Å². The van der Waals surface area contributed by atoms with Crippen molar-refractivity contribution >= 4 is 62.3 Å². The number of aromatic nitrogens is 2. The number of nitrogens with one attached hydrogen (secondary N) is 3. The van der Waals surface area contributed by atoms with E-state index in [0.29, 0.717) is 46.5 Å². The van der Waals surface area contributed by atoms with Crippen LogP contribution in [0.1, 0.15) is 37.7 Å². The molecule has 4 aromatic rings. The number of aliphatic hydroxyl groups excluding tert-OH is 1. The average molecular weight is 562 g/mol. The van der Waals surface area contributed by atoms with Crippen LogP contribution in [0, 0.1) is 0 Å². The predicted octanol–water partition coefficient (Wildman–Crippen LogP) is 6.50. The van der Waals surface area contributed by atoms with Gasteiger partial charge in [0.25, 0.3) is 0 Å². The maximum Gasteiger partial charge on any atom is 0.247 e. The number of aliphatic hydroxyl groups is 1. The quantitative estimate of drug-likeness (QED) is 0.204. The van der Waals surface area contributed by atoms with Gasteiger partial charge in [-0.3, -0.25) is 4.79 Å². The highest BCUT2D eigenvalue weighted by atomic mass is 35.5. The summed E-state index contributed by atoms with van der Waals surface area (Å²) in [6.45, 7) is 0.503. The molecule has 1 amide bonds. The Kier molecular flexibility index (Phi) is 7.12. The van der Waals surface area contributed by atoms with E-state index in [1.807, 2.05) is 41.8 Å². The Bertz CT molecular complexity index is 1560. The van der Waals surface area contributed by atoms with Crippen LogP contribution in [0.3, 0.4) is 0 Å². The van der Waals surface area contributed by atoms with Crippen LogP contribution in [0.25, 0.3) is 16.2 Å². The monoisotopic (exact) mass is 561 g/mol. The molecule has 1 aliphatic heterocycles. The molecule has 0 spiro atoms. The van der Waals surface area contributed by atoms with E-state index in [2.05, 4.69) is 32.0 Å². The number of nitrogens with zero attached hydrogens (tertiary/aromatic N) is 2. The summed E-state index contributed by atoms with van der Waals surface area (Å²) >= 11 is 8.28. The van der Waals surface area contributed by atoms with Crippen LogP contribution >= 0.6 is 22.9 Å². The lowest BCUT2D eigenvalue weighted by Crippen LogP contribution is -2.49. The van der Waals surface area contributed by atoms with Crippen molar-refractivity contribution < 1.29 is 14.6 Å². The highest BCUT2D eigenvalue weighted by Gasteiger charge is 2.35. The minimum atomic E-state index is -0.537. The number of carbonyl (C=O) groups excluding carboxylic acids is 1. The van der Waals surface area contributed by atoms with Crippen molar-refractivity contribution in [2.24, 2.45) is 0 Å². The van der Waals surface area contributed by atoms with Gasteiger partial charge in [0.1, 0.15) is 29.5 Å². The fourth-order valence-electron chi connectivity index (χ4n) is 5.18. The van der Waals surface area contributed by atoms with E-state index in [-0.39, 0.29) is 12.5 Å². The number of benzene rings is 2. The lowest BCUT2D eigenvalue weighted by atomic mass is 9.97. The molecule has 8 nitrogen and oxygen atoms in total. The van der Waals surface area contributed by atoms with Crippen molar-refractivity contribution in [2.75, 3.05) is 23.8 Å². The van der Waals surface area contributed by atoms with Crippen molar-refractivity contribution in [3.63, 3.8) is 0 Å². The van der Waals surface area contributed by atoms with E-state index in [1.165, 1.54) is 6.33 Å². The van der Waals surface area contributed by atoms with Crippen LogP contribution in [0.2, 0.25) is 5.02 Å². The second-order valence-electron chi connectivity index (χ2n) is 9.89. The number of rotatable bonds is 7. The lowest BCUT2D eigenvalue weighted by Gasteiger charge is -2.28. The number of hydrogen-bond acceptors (Lipinski definition) is 8. The van der Waals surface area contributed by atoms with Gasteiger partial charge >= 0.3 is 0 Å². The molecule has 2 aliphatic rings. The summed E-state index contributed by atoms with van der Waals surface area (Å²) < 4.78 is 7.29. The smallest absolute Gasteiger partial charge is 0.247 e. The van der Waals surface area contributed by atoms with Gasteiger partial charge in [0.05, 0.1) is 22.7 Å². The van der Waals surface area contributed by atoms with Crippen LogP contribution in [0.15, 0.2) is 59.7 Å². The number of carbonyl (C=O) groups is 1. The van der Waals surface area contributed by atoms with E-state index in [4.69, 9.17) is 16.3 Å². The molecular formula is C29H28ClN5O3S. The summed E-state index contributed by atoms with van der Waals surface area (Å²) in [6, 6.07) is 13.5. The molecule has 0 bridgehead atoms. The summed E-state index contributed by atoms with van der Waals surface area (Å²) in [6.07, 6.45) is 7.41. The Morgan fingerprint density at radius 3 is 2.85 bits per heavy atom. The predicted molar refractivity (Wildman–Crippen MR) is 156 cm³/mol. The largest absolute Gasteiger partial charge is 0.455 e. The molecule has 4 N–H and O–H groups in total. The first-order valence-electron chi connectivity index (χ1n) is 13.0. The molecule has 10 heteroatoms. The summed E-state index contributed by atoms with van der Waals surface area (Å²) in [5.74, 6) is 2.32. The average Bonchev–Trinajstić information content (AvgIpc) is 3.56. The third-order valence-corrected chi connectivity index (χ3v) is 8.47. The highest BCUT2D eigenvalue weighted by molar-refractivity contribution is 7.17. The molecule has 6 rings (SSSR count). The topological polar surface area (TPSA) is 108 Å². The number of hydrogen-bond donors (Lipinski definition) is 4. The van der Waals surface area contributed by atoms with Crippen molar-refractivity contribution in [2.45, 2.75) is 37.6 Å². The SMILES string of the molecule is O=C(NC1(CO)CCCC1)C1=Cc2c(ncnc2Nc2ccc(Oc3cccc4sccc34)c(Cl)c2)NCC1. The zero-order valence-electron chi connectivity index (χ0n) is 21.2. The molecule has 1 saturated carbocycles. The number of halogens is 1. The summed E-state index contributed by atoms with van der Waals surface area (Å²) in [5, 5.41) is 23.2. The van der Waals surface area contributed by atoms with Gasteiger partial charge in [0.15, 0.2) is 0 Å². The van der Waals surface area contributed by atoms with Gasteiger partial charge < -0.3 is 25.8 Å². The summed E-state index contributed by atoms with van der Waals surface area (Å²) in [7, 11) is 0. The maximum absolute atomic E-state index is 13.2. The van der Waals surface area contributed by atoms with E-state index in [0.717, 1.165) is 47.2 Å². The van der Waals surface area contributed by atoms with E-state index in [9.17, 15) is 9.90 Å². The van der Waals surface area contributed by atoms with Crippen molar-refractivity contribution in [1.82, 2.24) is 15.3 Å². The van der Waals surface area contributed by atoms with Gasteiger partial charge in [-0.1, -0.05) is 30.5 Å². The Balaban J connectivity index is 1.24. The van der Waals surface area contributed by atoms with E-state index in [1.54, 1.807) is 17.4 Å². The molecule has 0 unspecified atom stereocenters. The fraction of sp³-hybridized carbons (Fsp3) is 0.276. The minimum absolute atomic E-state index is 0.0559. The Morgan fingerprint density at radius 1 is 1.15 bits per heavy atom. The summed E-state index contributed by atoms with van der Waals surface area (Å²) in [4.78, 5) is 22.1. The second-order valence-corrected chi connectivity index (χ2v) is 11.2. The number of thiophene rings is 1. The molecule has 0 radical (unpaired) electrons. The molecule has 2 aromatic carbocycles. The van der Waals surface area contributed by atoms with Crippen LogP contribution in [-0.2, 0) is 4.79 Å². The molecule has 2 aromatic heterocycles. The number of anilines is 3. The Morgan fingerprint density at radius 2 is 2.03 bits per heavy atom. The van der Waals surface area contributed by atoms with E-state index < -0.39 is 5.54 Å². The van der Waals surface area contributed by atoms with Crippen molar-refractivity contribution in [3.05, 3.63) is 70.3 Å². The van der Waals surface area contributed by atoms with Gasteiger partial charge in [0, 0.05) is 27.9 Å². The van der Waals surface area contributed by atoms with Gasteiger partial charge in [-0.05, 0) is 67.1 Å². The first-order valence-corrected chi connectivity index (χ1v) is 14.2. The molecule has 1 fully saturated rings. The standard InChI is InChI=1S/C29H28ClN5O3S/c30-22-15-19(6-7-24(22)38-23-4-3-5-25-20(23)9-13-39-25)34-27-21-14-18(8-12-31-26(21)32-17-33-27)28(37)35-29(16-36)10-1-2-11-29/h3-7,9,13-15,17,36H,1-2,8,10-12,16H2,(H,35,37)(H2,31,32,33,34). The third-order valence-electron chi connectivity index (χ3n) is 7.29. The maximum atomic E-state index is 13.2. The first kappa shape index (κ1) is 25.6. The van der Waals surface area contributed by atoms with Gasteiger partial charge in [-0.15, -0.1) is 11.3 Å². The molecule has 0 saturated heterocycles. The van der Waals surface area contributed by atoms with Gasteiger partial charge in [-0.25, -0.2) is 9.97 Å². The van der Waals surface area contributed by atoms with Gasteiger partial charge in [-0.2, -0.15) is 0 Å². The summed E-state index contributed by atoms with van der Waals surface area (Å²) in [5.41, 5.74) is 1.48. The number of amides is 1. The van der Waals surface area contributed by atoms with Crippen LogP contribution in [0.4, 0.5) is 17.3 Å². The number of ether oxygens (including phenoxy) is 1. The normalized spacial score (nSPS) is 16.1. The first-order chi connectivity index (χ1) is 19.0. The zero-order chi connectivity index (χ0) is 26.8. The molecule has 200 valence electrons. The lowest BCUT2D eigenvalue weighted by molar-refractivity contribution is -0.120. The second kappa shape index (κ2) is 10.8. The Hall–Kier alpha value is -3.66. The molecular weight excluding hydrogens is 534 g/mol. The molecule has 39 heavy (non-hydrogen) atoms. The highest BCUT2D eigenvalue weighted by Crippen LogP contribution is 2.38. The fourth-order valence-corrected chi connectivity index (χ4v) is 6.20. The van der Waals surface area contributed by atoms with Crippen molar-refractivity contribution in [1.29, 1.82) is 0 Å².